The largest absolute Gasteiger partial charge is 0.377 e. The Kier molecular flexibility index (Phi) is 2.55. The maximum Gasteiger partial charge on any atom is 0.257 e. The summed E-state index contributed by atoms with van der Waals surface area (Å²) in [5, 5.41) is 3.68. The molecule has 3 aliphatic rings. The fraction of sp³-hybridized carbons (Fsp3) is 0.316. The molecule has 2 aromatic rings. The van der Waals surface area contributed by atoms with Gasteiger partial charge in [0.15, 0.2) is 0 Å². The molecule has 4 nitrogen and oxygen atoms in total. The second-order valence-electron chi connectivity index (χ2n) is 6.69. The Labute approximate surface area is 135 Å². The van der Waals surface area contributed by atoms with Gasteiger partial charge in [-0.1, -0.05) is 30.3 Å². The van der Waals surface area contributed by atoms with E-state index >= 15 is 0 Å². The zero-order chi connectivity index (χ0) is 15.6. The molecule has 3 heterocycles. The lowest BCUT2D eigenvalue weighted by atomic mass is 9.84. The van der Waals surface area contributed by atoms with E-state index in [0.717, 1.165) is 24.2 Å². The Morgan fingerprint density at radius 1 is 1.09 bits per heavy atom. The second-order valence-corrected chi connectivity index (χ2v) is 6.69. The lowest BCUT2D eigenvalue weighted by Crippen LogP contribution is -2.64. The number of likely N-dealkylation sites (N-methyl/N-ethyl adjacent to an activating group) is 1. The summed E-state index contributed by atoms with van der Waals surface area (Å²) in [7, 11) is 2.11. The molecule has 1 amide bonds. The first-order valence-corrected chi connectivity index (χ1v) is 8.24. The van der Waals surface area contributed by atoms with Gasteiger partial charge in [-0.2, -0.15) is 0 Å². The zero-order valence-corrected chi connectivity index (χ0v) is 13.1. The predicted molar refractivity (Wildman–Crippen MR) is 90.9 cm³/mol. The Bertz CT molecular complexity index is 803. The first-order chi connectivity index (χ1) is 11.3. The molecule has 0 radical (unpaired) electrons. The van der Waals surface area contributed by atoms with E-state index in [4.69, 9.17) is 0 Å². The van der Waals surface area contributed by atoms with Crippen molar-refractivity contribution in [3.63, 3.8) is 0 Å². The number of carbonyl (C=O) groups is 1. The number of para-hydroxylation sites is 2. The Hall–Kier alpha value is -2.49. The third-order valence-electron chi connectivity index (χ3n) is 5.61. The van der Waals surface area contributed by atoms with Gasteiger partial charge in [-0.25, -0.2) is 0 Å². The van der Waals surface area contributed by atoms with E-state index in [0.29, 0.717) is 5.92 Å². The van der Waals surface area contributed by atoms with Crippen LogP contribution in [0, 0.1) is 0 Å². The van der Waals surface area contributed by atoms with Crippen LogP contribution < -0.4 is 10.2 Å². The van der Waals surface area contributed by atoms with Gasteiger partial charge in [0.1, 0.15) is 6.17 Å². The highest BCUT2D eigenvalue weighted by Crippen LogP contribution is 2.46. The smallest absolute Gasteiger partial charge is 0.257 e. The highest BCUT2D eigenvalue weighted by molar-refractivity contribution is 6.02. The Balaban J connectivity index is 1.60. The number of piperidine rings is 1. The van der Waals surface area contributed by atoms with E-state index in [2.05, 4.69) is 47.6 Å². The predicted octanol–water partition coefficient (Wildman–Crippen LogP) is 2.89. The van der Waals surface area contributed by atoms with Crippen molar-refractivity contribution in [1.82, 2.24) is 4.90 Å². The van der Waals surface area contributed by atoms with Gasteiger partial charge >= 0.3 is 0 Å². The van der Waals surface area contributed by atoms with Crippen molar-refractivity contribution in [3.8, 4) is 0 Å². The quantitative estimate of drug-likeness (QED) is 0.813. The van der Waals surface area contributed by atoms with Crippen molar-refractivity contribution in [2.45, 2.75) is 24.5 Å². The lowest BCUT2D eigenvalue weighted by molar-refractivity contribution is 0.0548. The van der Waals surface area contributed by atoms with Crippen LogP contribution in [0.2, 0.25) is 0 Å². The minimum Gasteiger partial charge on any atom is -0.377 e. The first kappa shape index (κ1) is 13.0. The maximum absolute atomic E-state index is 12.9. The number of nitrogens with zero attached hydrogens (tertiary/aromatic N) is 2. The molecular formula is C19H19N3O. The van der Waals surface area contributed by atoms with Gasteiger partial charge in [-0.3, -0.25) is 4.79 Å². The minimum atomic E-state index is 0.0727. The van der Waals surface area contributed by atoms with E-state index in [1.54, 1.807) is 0 Å². The SMILES string of the molecule is CN1c2ccccc2C(=O)N2CC[C@@H]3c4ccccc4N[C@H]3C21. The lowest BCUT2D eigenvalue weighted by Gasteiger charge is -2.51. The molecule has 0 saturated carbocycles. The van der Waals surface area contributed by atoms with Crippen LogP contribution in [-0.4, -0.2) is 36.6 Å². The monoisotopic (exact) mass is 305 g/mol. The van der Waals surface area contributed by atoms with E-state index in [1.807, 2.05) is 23.1 Å². The van der Waals surface area contributed by atoms with Crippen molar-refractivity contribution >= 4 is 17.3 Å². The van der Waals surface area contributed by atoms with E-state index in [-0.39, 0.29) is 18.1 Å². The molecule has 4 heteroatoms. The molecule has 23 heavy (non-hydrogen) atoms. The normalized spacial score (nSPS) is 27.7. The summed E-state index contributed by atoms with van der Waals surface area (Å²) < 4.78 is 0. The average Bonchev–Trinajstić information content (AvgIpc) is 2.98. The molecule has 5 rings (SSSR count). The summed E-state index contributed by atoms with van der Waals surface area (Å²) in [6.07, 6.45) is 1.09. The first-order valence-electron chi connectivity index (χ1n) is 8.24. The number of hydrogen-bond acceptors (Lipinski definition) is 3. The van der Waals surface area contributed by atoms with Crippen LogP contribution >= 0.6 is 0 Å². The molecule has 0 spiro atoms. The molecule has 116 valence electrons. The number of amides is 1. The molecule has 0 bridgehead atoms. The molecule has 1 N–H and O–H groups in total. The van der Waals surface area contributed by atoms with Crippen molar-refractivity contribution in [3.05, 3.63) is 59.7 Å². The summed E-state index contributed by atoms with van der Waals surface area (Å²) in [4.78, 5) is 17.2. The molecular weight excluding hydrogens is 286 g/mol. The summed E-state index contributed by atoms with van der Waals surface area (Å²) in [6.45, 7) is 0.819. The summed E-state index contributed by atoms with van der Waals surface area (Å²) >= 11 is 0. The number of benzene rings is 2. The van der Waals surface area contributed by atoms with Crippen molar-refractivity contribution < 1.29 is 4.79 Å². The Morgan fingerprint density at radius 3 is 2.78 bits per heavy atom. The number of anilines is 2. The highest BCUT2D eigenvalue weighted by Gasteiger charge is 2.49. The van der Waals surface area contributed by atoms with Crippen LogP contribution in [-0.2, 0) is 0 Å². The molecule has 1 saturated heterocycles. The van der Waals surface area contributed by atoms with Crippen molar-refractivity contribution in [1.29, 1.82) is 0 Å². The standard InChI is InChI=1S/C19H19N3O/c1-21-16-9-5-3-7-14(16)19(23)22-11-10-13-12-6-2-4-8-15(12)20-17(13)18(21)22/h2-9,13,17-18,20H,10-11H2,1H3/t13-,17-,18?/m1/s1. The summed E-state index contributed by atoms with van der Waals surface area (Å²) in [6, 6.07) is 16.8. The topological polar surface area (TPSA) is 35.6 Å². The maximum atomic E-state index is 12.9. The third kappa shape index (κ3) is 1.63. The van der Waals surface area contributed by atoms with Crippen LogP contribution in [0.3, 0.4) is 0 Å². The van der Waals surface area contributed by atoms with E-state index < -0.39 is 0 Å². The van der Waals surface area contributed by atoms with Gasteiger partial charge in [0, 0.05) is 25.2 Å². The van der Waals surface area contributed by atoms with E-state index in [1.165, 1.54) is 11.3 Å². The molecule has 2 aromatic carbocycles. The average molecular weight is 305 g/mol. The van der Waals surface area contributed by atoms with Gasteiger partial charge in [0.2, 0.25) is 0 Å². The fourth-order valence-electron chi connectivity index (χ4n) is 4.58. The molecule has 3 aliphatic heterocycles. The number of hydrogen-bond donors (Lipinski definition) is 1. The third-order valence-corrected chi connectivity index (χ3v) is 5.61. The van der Waals surface area contributed by atoms with Gasteiger partial charge in [-0.15, -0.1) is 0 Å². The summed E-state index contributed by atoms with van der Waals surface area (Å²) in [5.74, 6) is 0.646. The minimum absolute atomic E-state index is 0.0727. The number of fused-ring (bicyclic) bond motifs is 6. The Morgan fingerprint density at radius 2 is 1.87 bits per heavy atom. The molecule has 1 fully saturated rings. The number of nitrogens with one attached hydrogen (secondary N) is 1. The molecule has 1 unspecified atom stereocenters. The van der Waals surface area contributed by atoms with Crippen LogP contribution in [0.5, 0.6) is 0 Å². The zero-order valence-electron chi connectivity index (χ0n) is 13.1. The van der Waals surface area contributed by atoms with Crippen LogP contribution in [0.1, 0.15) is 28.3 Å². The summed E-state index contributed by atoms with van der Waals surface area (Å²) in [5.41, 5.74) is 4.48. The fourth-order valence-corrected chi connectivity index (χ4v) is 4.58. The number of carbonyl (C=O) groups excluding carboxylic acids is 1. The van der Waals surface area contributed by atoms with Gasteiger partial charge < -0.3 is 15.1 Å². The van der Waals surface area contributed by atoms with Gasteiger partial charge in [0.05, 0.1) is 17.3 Å². The van der Waals surface area contributed by atoms with Crippen molar-refractivity contribution in [2.24, 2.45) is 0 Å². The van der Waals surface area contributed by atoms with Gasteiger partial charge in [0.25, 0.3) is 5.91 Å². The van der Waals surface area contributed by atoms with Crippen LogP contribution in [0.25, 0.3) is 0 Å². The second kappa shape index (κ2) is 4.51. The van der Waals surface area contributed by atoms with Gasteiger partial charge in [-0.05, 0) is 30.2 Å². The molecule has 0 aliphatic carbocycles. The van der Waals surface area contributed by atoms with Crippen LogP contribution in [0.15, 0.2) is 48.5 Å². The molecule has 3 atom stereocenters. The molecule has 0 aromatic heterocycles. The van der Waals surface area contributed by atoms with Crippen LogP contribution in [0.4, 0.5) is 11.4 Å². The number of rotatable bonds is 0. The van der Waals surface area contributed by atoms with E-state index in [9.17, 15) is 4.79 Å². The highest BCUT2D eigenvalue weighted by atomic mass is 16.2. The van der Waals surface area contributed by atoms with Crippen molar-refractivity contribution in [2.75, 3.05) is 23.8 Å².